The number of carboxylic acid groups (broad SMARTS) is 1. The van der Waals surface area contributed by atoms with Gasteiger partial charge in [0.2, 0.25) is 0 Å². The number of carboxylic acids is 1. The highest BCUT2D eigenvalue weighted by Crippen LogP contribution is 2.26. The van der Waals surface area contributed by atoms with Gasteiger partial charge in [-0.2, -0.15) is 0 Å². The fourth-order valence-corrected chi connectivity index (χ4v) is 1.80. The summed E-state index contributed by atoms with van der Waals surface area (Å²) in [6.45, 7) is 3.27. The number of Topliss-reactive ketones (excluding diaryl/α,β-unsaturated/α-hetero) is 1. The molecule has 1 aromatic carbocycles. The number of aromatic carboxylic acids is 1. The summed E-state index contributed by atoms with van der Waals surface area (Å²) < 4.78 is 4.90. The molecule has 0 saturated carbocycles. The summed E-state index contributed by atoms with van der Waals surface area (Å²) in [6.07, 6.45) is 1.80. The van der Waals surface area contributed by atoms with Crippen molar-refractivity contribution in [2.75, 3.05) is 11.9 Å². The summed E-state index contributed by atoms with van der Waals surface area (Å²) in [4.78, 5) is 34.2. The molecule has 0 saturated heterocycles. The zero-order valence-corrected chi connectivity index (χ0v) is 12.9. The van der Waals surface area contributed by atoms with Crippen molar-refractivity contribution in [1.82, 2.24) is 0 Å². The number of anilines is 1. The van der Waals surface area contributed by atoms with Crippen LogP contribution in [0.3, 0.4) is 0 Å². The molecule has 0 unspecified atom stereocenters. The molecule has 0 radical (unpaired) electrons. The van der Waals surface area contributed by atoms with Crippen molar-refractivity contribution in [3.05, 3.63) is 40.6 Å². The number of nitrogens with one attached hydrogen (secondary N) is 1. The molecule has 1 rings (SSSR count). The highest BCUT2D eigenvalue weighted by molar-refractivity contribution is 6.36. The van der Waals surface area contributed by atoms with E-state index in [1.165, 1.54) is 25.1 Å². The second kappa shape index (κ2) is 8.19. The first-order valence-corrected chi connectivity index (χ1v) is 6.92. The van der Waals surface area contributed by atoms with Gasteiger partial charge in [0, 0.05) is 6.20 Å². The number of ketones is 1. The third-order valence-electron chi connectivity index (χ3n) is 2.64. The van der Waals surface area contributed by atoms with Gasteiger partial charge < -0.3 is 15.2 Å². The minimum Gasteiger partial charge on any atom is -0.478 e. The summed E-state index contributed by atoms with van der Waals surface area (Å²) in [6, 6.07) is 4.37. The van der Waals surface area contributed by atoms with Gasteiger partial charge in [0.05, 0.1) is 22.9 Å². The predicted molar refractivity (Wildman–Crippen MR) is 82.0 cm³/mol. The molecule has 0 fully saturated rings. The van der Waals surface area contributed by atoms with E-state index in [0.717, 1.165) is 6.20 Å². The molecular weight excluding hydrogens is 310 g/mol. The number of hydrogen-bond donors (Lipinski definition) is 2. The van der Waals surface area contributed by atoms with Gasteiger partial charge in [0.25, 0.3) is 0 Å². The Morgan fingerprint density at radius 2 is 2.05 bits per heavy atom. The molecular formula is C15H16ClNO5. The molecule has 0 heterocycles. The molecule has 7 heteroatoms. The topological polar surface area (TPSA) is 92.7 Å². The minimum atomic E-state index is -1.17. The molecule has 0 spiro atoms. The quantitative estimate of drug-likeness (QED) is 0.346. The normalized spacial score (nSPS) is 11.0. The van der Waals surface area contributed by atoms with Crippen molar-refractivity contribution in [1.29, 1.82) is 0 Å². The van der Waals surface area contributed by atoms with Crippen LogP contribution < -0.4 is 5.32 Å². The number of rotatable bonds is 7. The maximum atomic E-state index is 11.7. The molecule has 2 N–H and O–H groups in total. The average Bonchev–Trinajstić information content (AvgIpc) is 2.46. The molecule has 0 bridgehead atoms. The van der Waals surface area contributed by atoms with Crippen molar-refractivity contribution in [3.63, 3.8) is 0 Å². The smallest absolute Gasteiger partial charge is 0.343 e. The second-order valence-electron chi connectivity index (χ2n) is 4.37. The fraction of sp³-hybridized carbons (Fsp3) is 0.267. The van der Waals surface area contributed by atoms with Crippen LogP contribution in [0, 0.1) is 0 Å². The van der Waals surface area contributed by atoms with E-state index in [4.69, 9.17) is 21.4 Å². The monoisotopic (exact) mass is 325 g/mol. The van der Waals surface area contributed by atoms with Crippen LogP contribution in [-0.4, -0.2) is 29.4 Å². The lowest BCUT2D eigenvalue weighted by molar-refractivity contribution is -0.140. The number of esters is 1. The Bertz CT molecular complexity index is 624. The summed E-state index contributed by atoms with van der Waals surface area (Å²) in [7, 11) is 0. The molecule has 0 aromatic heterocycles. The Hall–Kier alpha value is -2.34. The standard InChI is InChI=1S/C15H16ClNO5/c1-3-7-22-15(21)11(9(2)18)8-17-12-6-4-5-10(13(12)16)14(19)20/h4-6,8,17H,3,7H2,1-2H3,(H,19,20). The van der Waals surface area contributed by atoms with Gasteiger partial charge in [0.15, 0.2) is 5.78 Å². The van der Waals surface area contributed by atoms with Crippen molar-refractivity contribution in [3.8, 4) is 0 Å². The lowest BCUT2D eigenvalue weighted by Crippen LogP contribution is -2.15. The van der Waals surface area contributed by atoms with Gasteiger partial charge in [-0.25, -0.2) is 9.59 Å². The van der Waals surface area contributed by atoms with Crippen LogP contribution in [0.4, 0.5) is 5.69 Å². The van der Waals surface area contributed by atoms with E-state index in [1.54, 1.807) is 0 Å². The average molecular weight is 326 g/mol. The second-order valence-corrected chi connectivity index (χ2v) is 4.74. The molecule has 118 valence electrons. The molecule has 0 atom stereocenters. The minimum absolute atomic E-state index is 0.0175. The predicted octanol–water partition coefficient (Wildman–Crippen LogP) is 2.88. The lowest BCUT2D eigenvalue weighted by atomic mass is 10.2. The Kier molecular flexibility index (Phi) is 6.59. The largest absolute Gasteiger partial charge is 0.478 e. The van der Waals surface area contributed by atoms with Crippen LogP contribution in [0.15, 0.2) is 30.0 Å². The molecule has 0 aliphatic rings. The third kappa shape index (κ3) is 4.60. The maximum Gasteiger partial charge on any atom is 0.343 e. The van der Waals surface area contributed by atoms with Gasteiger partial charge in [0.1, 0.15) is 5.57 Å². The molecule has 6 nitrogen and oxygen atoms in total. The van der Waals surface area contributed by atoms with Crippen molar-refractivity contribution in [2.24, 2.45) is 0 Å². The summed E-state index contributed by atoms with van der Waals surface area (Å²) >= 11 is 5.96. The molecule has 22 heavy (non-hydrogen) atoms. The van der Waals surface area contributed by atoms with Crippen LogP contribution in [0.5, 0.6) is 0 Å². The van der Waals surface area contributed by atoms with E-state index < -0.39 is 17.7 Å². The van der Waals surface area contributed by atoms with Crippen LogP contribution in [0.1, 0.15) is 30.6 Å². The van der Waals surface area contributed by atoms with Gasteiger partial charge in [-0.05, 0) is 25.5 Å². The zero-order valence-electron chi connectivity index (χ0n) is 12.2. The first-order valence-electron chi connectivity index (χ1n) is 6.55. The van der Waals surface area contributed by atoms with E-state index in [0.29, 0.717) is 6.42 Å². The number of ether oxygens (including phenoxy) is 1. The van der Waals surface area contributed by atoms with Crippen LogP contribution in [0.2, 0.25) is 5.02 Å². The van der Waals surface area contributed by atoms with Crippen LogP contribution in [-0.2, 0) is 14.3 Å². The summed E-state index contributed by atoms with van der Waals surface area (Å²) in [5, 5.41) is 11.6. The van der Waals surface area contributed by atoms with E-state index in [2.05, 4.69) is 5.32 Å². The van der Waals surface area contributed by atoms with Gasteiger partial charge >= 0.3 is 11.9 Å². The Morgan fingerprint density at radius 3 is 2.59 bits per heavy atom. The van der Waals surface area contributed by atoms with E-state index in [9.17, 15) is 14.4 Å². The first kappa shape index (κ1) is 17.7. The Morgan fingerprint density at radius 1 is 1.36 bits per heavy atom. The number of carbonyl (C=O) groups excluding carboxylic acids is 2. The SMILES string of the molecule is CCCOC(=O)C(=CNc1cccc(C(=O)O)c1Cl)C(C)=O. The van der Waals surface area contributed by atoms with Crippen LogP contribution in [0.25, 0.3) is 0 Å². The first-order chi connectivity index (χ1) is 10.4. The number of benzene rings is 1. The number of halogens is 1. The van der Waals surface area contributed by atoms with E-state index in [-0.39, 0.29) is 28.5 Å². The van der Waals surface area contributed by atoms with Gasteiger partial charge in [-0.1, -0.05) is 24.6 Å². The Balaban J connectivity index is 3.01. The maximum absolute atomic E-state index is 11.7. The molecule has 0 aliphatic heterocycles. The fourth-order valence-electron chi connectivity index (χ4n) is 1.54. The van der Waals surface area contributed by atoms with Crippen molar-refractivity contribution in [2.45, 2.75) is 20.3 Å². The zero-order chi connectivity index (χ0) is 16.7. The highest BCUT2D eigenvalue weighted by atomic mass is 35.5. The lowest BCUT2D eigenvalue weighted by Gasteiger charge is -2.09. The van der Waals surface area contributed by atoms with Gasteiger partial charge in [-0.15, -0.1) is 0 Å². The molecule has 0 amide bonds. The molecule has 0 aliphatic carbocycles. The molecule has 1 aromatic rings. The third-order valence-corrected chi connectivity index (χ3v) is 3.04. The number of hydrogen-bond acceptors (Lipinski definition) is 5. The highest BCUT2D eigenvalue weighted by Gasteiger charge is 2.17. The summed E-state index contributed by atoms with van der Waals surface area (Å²) in [5.74, 6) is -2.39. The van der Waals surface area contributed by atoms with Crippen LogP contribution >= 0.6 is 11.6 Å². The van der Waals surface area contributed by atoms with Crippen molar-refractivity contribution >= 4 is 35.0 Å². The number of carbonyl (C=O) groups is 3. The van der Waals surface area contributed by atoms with Gasteiger partial charge in [-0.3, -0.25) is 4.79 Å². The Labute approximate surface area is 132 Å². The van der Waals surface area contributed by atoms with E-state index in [1.807, 2.05) is 6.92 Å². The summed E-state index contributed by atoms with van der Waals surface area (Å²) in [5.41, 5.74) is 0.00635. The van der Waals surface area contributed by atoms with Crippen molar-refractivity contribution < 1.29 is 24.2 Å². The van der Waals surface area contributed by atoms with E-state index >= 15 is 0 Å².